The van der Waals surface area contributed by atoms with Crippen molar-refractivity contribution >= 4 is 47.4 Å². The monoisotopic (exact) mass is 590 g/mol. The second-order valence-corrected chi connectivity index (χ2v) is 12.8. The SMILES string of the molecule is Brc1ccc(-c2cccc3c2sc2c(-c4ccccc4)cccc23)c2c1C1c3ccccc3C2c2ccccc21. The zero-order chi connectivity index (χ0) is 26.4. The first kappa shape index (κ1) is 22.8. The first-order chi connectivity index (χ1) is 19.8. The van der Waals surface area contributed by atoms with Gasteiger partial charge in [0.25, 0.3) is 0 Å². The molecular weight excluding hydrogens is 568 g/mol. The van der Waals surface area contributed by atoms with Crippen molar-refractivity contribution in [3.63, 3.8) is 0 Å². The number of rotatable bonds is 2. The van der Waals surface area contributed by atoms with E-state index in [1.165, 1.54) is 80.3 Å². The Kier molecular flexibility index (Phi) is 4.85. The molecule has 188 valence electrons. The summed E-state index contributed by atoms with van der Waals surface area (Å²) in [4.78, 5) is 0. The third-order valence-electron chi connectivity index (χ3n) is 8.95. The van der Waals surface area contributed by atoms with Crippen LogP contribution < -0.4 is 0 Å². The molecule has 0 saturated carbocycles. The minimum absolute atomic E-state index is 0.226. The van der Waals surface area contributed by atoms with Gasteiger partial charge in [-0.3, -0.25) is 0 Å². The second kappa shape index (κ2) is 8.51. The highest BCUT2D eigenvalue weighted by atomic mass is 79.9. The minimum atomic E-state index is 0.226. The maximum absolute atomic E-state index is 4.01. The standard InChI is InChI=1S/C38H23BrS/c39-32-21-20-28(35-33-24-12-4-6-14-26(24)34(36(32)35)27-15-7-5-13-25(27)33)29-17-9-19-31-30-18-8-16-23(37(30)40-38(29)31)22-10-2-1-3-11-22/h1-21,33-34H. The Morgan fingerprint density at radius 3 is 1.57 bits per heavy atom. The van der Waals surface area contributed by atoms with Gasteiger partial charge in [0.15, 0.2) is 0 Å². The molecule has 0 spiro atoms. The number of hydrogen-bond acceptors (Lipinski definition) is 1. The maximum Gasteiger partial charge on any atom is 0.0434 e. The largest absolute Gasteiger partial charge is 0.134 e. The predicted octanol–water partition coefficient (Wildman–Crippen LogP) is 11.1. The predicted molar refractivity (Wildman–Crippen MR) is 173 cm³/mol. The summed E-state index contributed by atoms with van der Waals surface area (Å²) >= 11 is 5.95. The van der Waals surface area contributed by atoms with Gasteiger partial charge in [-0.2, -0.15) is 0 Å². The van der Waals surface area contributed by atoms with Gasteiger partial charge in [0, 0.05) is 36.5 Å². The molecule has 0 aliphatic heterocycles. The summed E-state index contributed by atoms with van der Waals surface area (Å²) in [6.07, 6.45) is 0. The zero-order valence-corrected chi connectivity index (χ0v) is 24.0. The van der Waals surface area contributed by atoms with E-state index in [0.29, 0.717) is 0 Å². The quantitative estimate of drug-likeness (QED) is 0.188. The third-order valence-corrected chi connectivity index (χ3v) is 10.9. The lowest BCUT2D eigenvalue weighted by molar-refractivity contribution is 0.752. The minimum Gasteiger partial charge on any atom is -0.134 e. The molecule has 0 nitrogen and oxygen atoms in total. The fourth-order valence-electron chi connectivity index (χ4n) is 7.36. The van der Waals surface area contributed by atoms with E-state index >= 15 is 0 Å². The van der Waals surface area contributed by atoms with Gasteiger partial charge in [-0.05, 0) is 61.7 Å². The molecule has 10 rings (SSSR count). The van der Waals surface area contributed by atoms with Gasteiger partial charge >= 0.3 is 0 Å². The van der Waals surface area contributed by atoms with Gasteiger partial charge < -0.3 is 0 Å². The van der Waals surface area contributed by atoms with Crippen molar-refractivity contribution in [2.45, 2.75) is 11.8 Å². The summed E-state index contributed by atoms with van der Waals surface area (Å²) < 4.78 is 3.94. The molecule has 7 aromatic rings. The Balaban J connectivity index is 1.35. The van der Waals surface area contributed by atoms with Crippen LogP contribution in [0.5, 0.6) is 0 Å². The lowest BCUT2D eigenvalue weighted by Crippen LogP contribution is -2.28. The van der Waals surface area contributed by atoms with Crippen LogP contribution in [0, 0.1) is 0 Å². The average molecular weight is 592 g/mol. The summed E-state index contributed by atoms with van der Waals surface area (Å²) in [5.74, 6) is 0.470. The number of thiophene rings is 1. The van der Waals surface area contributed by atoms with Crippen LogP contribution in [0.25, 0.3) is 42.4 Å². The van der Waals surface area contributed by atoms with E-state index < -0.39 is 0 Å². The summed E-state index contributed by atoms with van der Waals surface area (Å²) in [5, 5.41) is 2.68. The third kappa shape index (κ3) is 3.01. The Hall–Kier alpha value is -3.98. The molecule has 0 unspecified atom stereocenters. The van der Waals surface area contributed by atoms with Crippen LogP contribution in [-0.4, -0.2) is 0 Å². The van der Waals surface area contributed by atoms with E-state index in [2.05, 4.69) is 143 Å². The smallest absolute Gasteiger partial charge is 0.0434 e. The van der Waals surface area contributed by atoms with E-state index in [4.69, 9.17) is 0 Å². The van der Waals surface area contributed by atoms with Crippen LogP contribution in [0.2, 0.25) is 0 Å². The summed E-state index contributed by atoms with van der Waals surface area (Å²) in [7, 11) is 0. The van der Waals surface area contributed by atoms with E-state index in [0.717, 1.165) is 0 Å². The first-order valence-corrected chi connectivity index (χ1v) is 15.4. The number of hydrogen-bond donors (Lipinski definition) is 0. The molecule has 40 heavy (non-hydrogen) atoms. The molecular formula is C38H23BrS. The molecule has 1 aromatic heterocycles. The second-order valence-electron chi connectivity index (χ2n) is 10.9. The molecule has 0 atom stereocenters. The van der Waals surface area contributed by atoms with Crippen molar-refractivity contribution in [3.8, 4) is 22.3 Å². The molecule has 0 saturated heterocycles. The number of halogens is 1. The molecule has 0 fully saturated rings. The van der Waals surface area contributed by atoms with E-state index in [9.17, 15) is 0 Å². The number of benzene rings is 6. The maximum atomic E-state index is 4.01. The normalized spacial score (nSPS) is 16.6. The lowest BCUT2D eigenvalue weighted by Gasteiger charge is -2.43. The average Bonchev–Trinajstić information content (AvgIpc) is 3.41. The van der Waals surface area contributed by atoms with Crippen LogP contribution in [0.1, 0.15) is 45.2 Å². The fraction of sp³-hybridized carbons (Fsp3) is 0.0526. The Bertz CT molecular complexity index is 2090. The lowest BCUT2D eigenvalue weighted by atomic mass is 9.60. The van der Waals surface area contributed by atoms with Gasteiger partial charge in [-0.15, -0.1) is 11.3 Å². The van der Waals surface area contributed by atoms with E-state index in [1.807, 2.05) is 11.3 Å². The molecule has 0 radical (unpaired) electrons. The highest BCUT2D eigenvalue weighted by Gasteiger charge is 2.43. The molecule has 0 amide bonds. The van der Waals surface area contributed by atoms with E-state index in [1.54, 1.807) is 0 Å². The van der Waals surface area contributed by atoms with Gasteiger partial charge in [0.2, 0.25) is 0 Å². The molecule has 2 heteroatoms. The van der Waals surface area contributed by atoms with Crippen LogP contribution in [-0.2, 0) is 0 Å². The molecule has 1 heterocycles. The highest BCUT2D eigenvalue weighted by Crippen LogP contribution is 2.59. The van der Waals surface area contributed by atoms with Crippen LogP contribution in [0.3, 0.4) is 0 Å². The van der Waals surface area contributed by atoms with Crippen LogP contribution >= 0.6 is 27.3 Å². The summed E-state index contributed by atoms with van der Waals surface area (Å²) in [6.45, 7) is 0. The van der Waals surface area contributed by atoms with Crippen molar-refractivity contribution in [2.24, 2.45) is 0 Å². The van der Waals surface area contributed by atoms with Gasteiger partial charge in [0.1, 0.15) is 0 Å². The van der Waals surface area contributed by atoms with Crippen LogP contribution in [0.4, 0.5) is 0 Å². The molecule has 6 aromatic carbocycles. The molecule has 0 N–H and O–H groups in total. The molecule has 3 aliphatic carbocycles. The Morgan fingerprint density at radius 2 is 0.950 bits per heavy atom. The topological polar surface area (TPSA) is 0 Å². The van der Waals surface area contributed by atoms with Crippen molar-refractivity contribution < 1.29 is 0 Å². The fourth-order valence-corrected chi connectivity index (χ4v) is 9.30. The van der Waals surface area contributed by atoms with Gasteiger partial charge in [-0.1, -0.05) is 137 Å². The highest BCUT2D eigenvalue weighted by molar-refractivity contribution is 9.10. The van der Waals surface area contributed by atoms with Crippen LogP contribution in [0.15, 0.2) is 132 Å². The van der Waals surface area contributed by atoms with Crippen molar-refractivity contribution in [3.05, 3.63) is 165 Å². The Labute approximate surface area is 245 Å². The Morgan fingerprint density at radius 1 is 0.425 bits per heavy atom. The van der Waals surface area contributed by atoms with Crippen molar-refractivity contribution in [1.82, 2.24) is 0 Å². The van der Waals surface area contributed by atoms with Crippen molar-refractivity contribution in [1.29, 1.82) is 0 Å². The summed E-state index contributed by atoms with van der Waals surface area (Å²) in [5.41, 5.74) is 14.0. The first-order valence-electron chi connectivity index (χ1n) is 13.8. The van der Waals surface area contributed by atoms with Gasteiger partial charge in [0.05, 0.1) is 0 Å². The molecule has 2 bridgehead atoms. The number of fused-ring (bicyclic) bond motifs is 3. The van der Waals surface area contributed by atoms with Crippen molar-refractivity contribution in [2.75, 3.05) is 0 Å². The van der Waals surface area contributed by atoms with E-state index in [-0.39, 0.29) is 11.8 Å². The molecule has 3 aliphatic rings. The summed E-state index contributed by atoms with van der Waals surface area (Å²) in [6, 6.07) is 47.2. The zero-order valence-electron chi connectivity index (χ0n) is 21.6. The van der Waals surface area contributed by atoms with Gasteiger partial charge in [-0.25, -0.2) is 0 Å².